The first-order chi connectivity index (χ1) is 9.45. The molecule has 0 saturated carbocycles. The van der Waals surface area contributed by atoms with Gasteiger partial charge in [0.05, 0.1) is 6.20 Å². The largest absolute Gasteiger partial charge is 0.366 e. The first-order valence-electron chi connectivity index (χ1n) is 7.35. The number of aryl methyl sites for hydroxylation is 2. The lowest BCUT2D eigenvalue weighted by Gasteiger charge is -2.41. The standard InChI is InChI=1S/C17H23N3/c1-17(2,3)20-9-5-6-14-10-13(7-8-16(14)20)15-11-18-19(4)12-15/h7-8,10-12H,5-6,9H2,1-4H3. The lowest BCUT2D eigenvalue weighted by molar-refractivity contribution is 0.483. The van der Waals surface area contributed by atoms with Gasteiger partial charge in [-0.1, -0.05) is 6.07 Å². The highest BCUT2D eigenvalue weighted by Gasteiger charge is 2.26. The maximum Gasteiger partial charge on any atom is 0.0568 e. The van der Waals surface area contributed by atoms with Crippen LogP contribution in [-0.4, -0.2) is 21.9 Å². The lowest BCUT2D eigenvalue weighted by atomic mass is 9.93. The first kappa shape index (κ1) is 13.2. The summed E-state index contributed by atoms with van der Waals surface area (Å²) >= 11 is 0. The van der Waals surface area contributed by atoms with Gasteiger partial charge in [-0.05, 0) is 56.9 Å². The molecule has 1 aromatic heterocycles. The van der Waals surface area contributed by atoms with Gasteiger partial charge in [-0.3, -0.25) is 4.68 Å². The van der Waals surface area contributed by atoms with Crippen molar-refractivity contribution in [3.05, 3.63) is 36.2 Å². The Kier molecular flexibility index (Phi) is 3.08. The Morgan fingerprint density at radius 1 is 1.15 bits per heavy atom. The molecule has 0 aliphatic carbocycles. The molecule has 3 rings (SSSR count). The quantitative estimate of drug-likeness (QED) is 0.788. The summed E-state index contributed by atoms with van der Waals surface area (Å²) in [6.07, 6.45) is 6.43. The fraction of sp³-hybridized carbons (Fsp3) is 0.471. The van der Waals surface area contributed by atoms with Gasteiger partial charge in [-0.15, -0.1) is 0 Å². The first-order valence-corrected chi connectivity index (χ1v) is 7.35. The van der Waals surface area contributed by atoms with E-state index in [1.54, 1.807) is 0 Å². The molecule has 1 aliphatic heterocycles. The molecule has 1 aliphatic rings. The van der Waals surface area contributed by atoms with Crippen molar-refractivity contribution in [3.8, 4) is 11.1 Å². The highest BCUT2D eigenvalue weighted by Crippen LogP contribution is 2.35. The van der Waals surface area contributed by atoms with Gasteiger partial charge in [0.15, 0.2) is 0 Å². The molecule has 2 aromatic rings. The molecule has 0 unspecified atom stereocenters. The smallest absolute Gasteiger partial charge is 0.0568 e. The zero-order valence-electron chi connectivity index (χ0n) is 12.8. The molecule has 0 atom stereocenters. The number of nitrogens with zero attached hydrogens (tertiary/aromatic N) is 3. The molecule has 2 heterocycles. The molecule has 3 nitrogen and oxygen atoms in total. The third-order valence-corrected chi connectivity index (χ3v) is 4.05. The van der Waals surface area contributed by atoms with E-state index in [0.717, 1.165) is 6.54 Å². The van der Waals surface area contributed by atoms with Gasteiger partial charge in [0.2, 0.25) is 0 Å². The summed E-state index contributed by atoms with van der Waals surface area (Å²) in [5, 5.41) is 4.27. The summed E-state index contributed by atoms with van der Waals surface area (Å²) < 4.78 is 1.86. The summed E-state index contributed by atoms with van der Waals surface area (Å²) in [7, 11) is 1.96. The number of aromatic nitrogens is 2. The van der Waals surface area contributed by atoms with Crippen molar-refractivity contribution < 1.29 is 0 Å². The van der Waals surface area contributed by atoms with Crippen molar-refractivity contribution in [2.75, 3.05) is 11.4 Å². The van der Waals surface area contributed by atoms with Crippen molar-refractivity contribution in [3.63, 3.8) is 0 Å². The second-order valence-corrected chi connectivity index (χ2v) is 6.67. The van der Waals surface area contributed by atoms with Crippen LogP contribution in [0.2, 0.25) is 0 Å². The van der Waals surface area contributed by atoms with E-state index in [-0.39, 0.29) is 5.54 Å². The van der Waals surface area contributed by atoms with E-state index in [9.17, 15) is 0 Å². The van der Waals surface area contributed by atoms with Gasteiger partial charge in [0.1, 0.15) is 0 Å². The topological polar surface area (TPSA) is 21.1 Å². The lowest BCUT2D eigenvalue weighted by Crippen LogP contribution is -2.44. The van der Waals surface area contributed by atoms with Crippen molar-refractivity contribution in [2.24, 2.45) is 7.05 Å². The predicted octanol–water partition coefficient (Wildman–Crippen LogP) is 3.64. The van der Waals surface area contributed by atoms with Gasteiger partial charge in [0.25, 0.3) is 0 Å². The van der Waals surface area contributed by atoms with Gasteiger partial charge >= 0.3 is 0 Å². The Labute approximate surface area is 121 Å². The molecule has 0 saturated heterocycles. The van der Waals surface area contributed by atoms with Gasteiger partial charge in [-0.2, -0.15) is 5.10 Å². The number of hydrogen-bond acceptors (Lipinski definition) is 2. The van der Waals surface area contributed by atoms with Gasteiger partial charge in [-0.25, -0.2) is 0 Å². The molecular formula is C17H23N3. The summed E-state index contributed by atoms with van der Waals surface area (Å²) in [4.78, 5) is 2.53. The van der Waals surface area contributed by atoms with Crippen molar-refractivity contribution in [1.29, 1.82) is 0 Å². The maximum absolute atomic E-state index is 4.27. The highest BCUT2D eigenvalue weighted by atomic mass is 15.2. The third kappa shape index (κ3) is 2.33. The second kappa shape index (κ2) is 4.65. The Hall–Kier alpha value is -1.77. The van der Waals surface area contributed by atoms with Crippen LogP contribution in [0.25, 0.3) is 11.1 Å². The van der Waals surface area contributed by atoms with Crippen molar-refractivity contribution in [2.45, 2.75) is 39.2 Å². The molecule has 0 radical (unpaired) electrons. The number of rotatable bonds is 1. The number of fused-ring (bicyclic) bond motifs is 1. The molecular weight excluding hydrogens is 246 g/mol. The molecule has 3 heteroatoms. The molecule has 0 spiro atoms. The Morgan fingerprint density at radius 3 is 2.60 bits per heavy atom. The van der Waals surface area contributed by atoms with E-state index in [2.05, 4.69) is 55.2 Å². The summed E-state index contributed by atoms with van der Waals surface area (Å²) in [6.45, 7) is 8.02. The number of benzene rings is 1. The van der Waals surface area contributed by atoms with E-state index in [1.807, 2.05) is 17.9 Å². The van der Waals surface area contributed by atoms with Gasteiger partial charge in [0, 0.05) is 36.6 Å². The molecule has 0 fully saturated rings. The van der Waals surface area contributed by atoms with Crippen LogP contribution in [0.4, 0.5) is 5.69 Å². The van der Waals surface area contributed by atoms with E-state index in [4.69, 9.17) is 0 Å². The van der Waals surface area contributed by atoms with E-state index in [1.165, 1.54) is 35.2 Å². The van der Waals surface area contributed by atoms with E-state index in [0.29, 0.717) is 0 Å². The minimum Gasteiger partial charge on any atom is -0.366 e. The SMILES string of the molecule is Cn1cc(-c2ccc3c(c2)CCCN3C(C)(C)C)cn1. The maximum atomic E-state index is 4.27. The summed E-state index contributed by atoms with van der Waals surface area (Å²) in [5.74, 6) is 0. The Balaban J connectivity index is 2.01. The third-order valence-electron chi connectivity index (χ3n) is 4.05. The van der Waals surface area contributed by atoms with Crippen molar-refractivity contribution in [1.82, 2.24) is 9.78 Å². The Bertz CT molecular complexity index is 619. The molecule has 0 amide bonds. The van der Waals surface area contributed by atoms with Crippen LogP contribution in [0.5, 0.6) is 0 Å². The number of hydrogen-bond donors (Lipinski definition) is 0. The molecule has 0 bridgehead atoms. The zero-order chi connectivity index (χ0) is 14.3. The van der Waals surface area contributed by atoms with Crippen LogP contribution in [0.3, 0.4) is 0 Å². The van der Waals surface area contributed by atoms with Crippen LogP contribution in [0.1, 0.15) is 32.8 Å². The van der Waals surface area contributed by atoms with Crippen molar-refractivity contribution >= 4 is 5.69 Å². The van der Waals surface area contributed by atoms with E-state index >= 15 is 0 Å². The fourth-order valence-electron chi connectivity index (χ4n) is 3.04. The summed E-state index contributed by atoms with van der Waals surface area (Å²) in [5.41, 5.74) is 5.52. The molecule has 20 heavy (non-hydrogen) atoms. The molecule has 0 N–H and O–H groups in total. The fourth-order valence-corrected chi connectivity index (χ4v) is 3.04. The summed E-state index contributed by atoms with van der Waals surface area (Å²) in [6, 6.07) is 6.84. The average Bonchev–Trinajstić information content (AvgIpc) is 2.83. The zero-order valence-corrected chi connectivity index (χ0v) is 12.8. The van der Waals surface area contributed by atoms with Crippen LogP contribution in [0.15, 0.2) is 30.6 Å². The highest BCUT2D eigenvalue weighted by molar-refractivity contribution is 5.69. The average molecular weight is 269 g/mol. The minimum absolute atomic E-state index is 0.186. The molecule has 1 aromatic carbocycles. The monoisotopic (exact) mass is 269 g/mol. The Morgan fingerprint density at radius 2 is 1.95 bits per heavy atom. The van der Waals surface area contributed by atoms with Crippen LogP contribution < -0.4 is 4.90 Å². The van der Waals surface area contributed by atoms with Crippen LogP contribution >= 0.6 is 0 Å². The van der Waals surface area contributed by atoms with Crippen LogP contribution in [-0.2, 0) is 13.5 Å². The minimum atomic E-state index is 0.186. The second-order valence-electron chi connectivity index (χ2n) is 6.67. The van der Waals surface area contributed by atoms with E-state index < -0.39 is 0 Å². The molecule has 106 valence electrons. The van der Waals surface area contributed by atoms with Gasteiger partial charge < -0.3 is 4.90 Å². The predicted molar refractivity (Wildman–Crippen MR) is 84.1 cm³/mol. The number of anilines is 1. The van der Waals surface area contributed by atoms with Crippen LogP contribution in [0, 0.1) is 0 Å². The normalized spacial score (nSPS) is 15.3.